The summed E-state index contributed by atoms with van der Waals surface area (Å²) >= 11 is 6.50. The lowest BCUT2D eigenvalue weighted by Crippen LogP contribution is -2.43. The van der Waals surface area contributed by atoms with Crippen molar-refractivity contribution in [3.05, 3.63) is 0 Å². The summed E-state index contributed by atoms with van der Waals surface area (Å²) in [7, 11) is 6.14. The zero-order valence-corrected chi connectivity index (χ0v) is 9.68. The molecule has 0 aromatic carbocycles. The molecule has 62 valence electrons. The summed E-state index contributed by atoms with van der Waals surface area (Å²) in [5, 5.41) is 9.35. The number of nitrogens with zero attached hydrogens (tertiary/aromatic N) is 1. The van der Waals surface area contributed by atoms with Crippen molar-refractivity contribution in [2.24, 2.45) is 0 Å². The standard InChI is InChI=1S/C6H14Br2NO/c1-9(2,3)4-5(10)6(7)8/h5-6,10H,4H2,1-3H3/q+1. The monoisotopic (exact) mass is 274 g/mol. The van der Waals surface area contributed by atoms with Gasteiger partial charge in [-0.05, 0) is 0 Å². The van der Waals surface area contributed by atoms with E-state index in [9.17, 15) is 5.11 Å². The number of rotatable bonds is 3. The molecule has 1 N–H and O–H groups in total. The maximum absolute atomic E-state index is 9.35. The minimum atomic E-state index is -0.333. The van der Waals surface area contributed by atoms with Gasteiger partial charge in [-0.25, -0.2) is 0 Å². The number of alkyl halides is 2. The maximum Gasteiger partial charge on any atom is 0.125 e. The molecule has 0 fully saturated rings. The van der Waals surface area contributed by atoms with Crippen LogP contribution in [0.15, 0.2) is 0 Å². The van der Waals surface area contributed by atoms with E-state index in [1.165, 1.54) is 0 Å². The molecule has 0 rings (SSSR count). The van der Waals surface area contributed by atoms with Crippen molar-refractivity contribution < 1.29 is 9.59 Å². The fourth-order valence-electron chi connectivity index (χ4n) is 0.641. The lowest BCUT2D eigenvalue weighted by atomic mass is 10.3. The van der Waals surface area contributed by atoms with Gasteiger partial charge in [-0.1, -0.05) is 31.9 Å². The van der Waals surface area contributed by atoms with E-state index in [4.69, 9.17) is 0 Å². The summed E-state index contributed by atoms with van der Waals surface area (Å²) in [6.07, 6.45) is -0.333. The largest absolute Gasteiger partial charge is 0.385 e. The minimum absolute atomic E-state index is 0.00245. The van der Waals surface area contributed by atoms with E-state index in [0.29, 0.717) is 0 Å². The number of halogens is 2. The lowest BCUT2D eigenvalue weighted by Gasteiger charge is -2.27. The van der Waals surface area contributed by atoms with E-state index < -0.39 is 0 Å². The van der Waals surface area contributed by atoms with Crippen molar-refractivity contribution in [1.29, 1.82) is 0 Å². The van der Waals surface area contributed by atoms with Gasteiger partial charge in [0.25, 0.3) is 0 Å². The van der Waals surface area contributed by atoms with E-state index in [1.54, 1.807) is 0 Å². The molecule has 0 aliphatic rings. The van der Waals surface area contributed by atoms with Crippen molar-refractivity contribution >= 4 is 31.9 Å². The molecule has 0 saturated heterocycles. The van der Waals surface area contributed by atoms with Crippen LogP contribution >= 0.6 is 31.9 Å². The molecule has 0 aliphatic carbocycles. The highest BCUT2D eigenvalue weighted by molar-refractivity contribution is 9.24. The predicted octanol–water partition coefficient (Wildman–Crippen LogP) is 1.17. The van der Waals surface area contributed by atoms with Crippen molar-refractivity contribution in [2.45, 2.75) is 9.84 Å². The quantitative estimate of drug-likeness (QED) is 0.606. The van der Waals surface area contributed by atoms with Gasteiger partial charge in [0, 0.05) is 0 Å². The van der Waals surface area contributed by atoms with E-state index in [-0.39, 0.29) is 9.84 Å². The van der Waals surface area contributed by atoms with Crippen LogP contribution in [0.5, 0.6) is 0 Å². The fourth-order valence-corrected chi connectivity index (χ4v) is 0.975. The van der Waals surface area contributed by atoms with Gasteiger partial charge in [-0.2, -0.15) is 0 Å². The van der Waals surface area contributed by atoms with Gasteiger partial charge in [0.05, 0.1) is 21.1 Å². The van der Waals surface area contributed by atoms with Crippen LogP contribution in [0.1, 0.15) is 0 Å². The average molecular weight is 276 g/mol. The molecule has 0 amide bonds. The minimum Gasteiger partial charge on any atom is -0.385 e. The molecule has 0 saturated carbocycles. The van der Waals surface area contributed by atoms with E-state index >= 15 is 0 Å². The Kier molecular flexibility index (Phi) is 4.40. The molecule has 10 heavy (non-hydrogen) atoms. The van der Waals surface area contributed by atoms with Crippen LogP contribution in [0, 0.1) is 0 Å². The zero-order chi connectivity index (χ0) is 8.36. The van der Waals surface area contributed by atoms with Gasteiger partial charge < -0.3 is 9.59 Å². The number of hydrogen-bond acceptors (Lipinski definition) is 1. The molecule has 0 aromatic heterocycles. The highest BCUT2D eigenvalue weighted by atomic mass is 79.9. The predicted molar refractivity (Wildman–Crippen MR) is 50.5 cm³/mol. The number of aliphatic hydroxyl groups is 1. The summed E-state index contributed by atoms with van der Waals surface area (Å²) in [4.78, 5) is 0. The van der Waals surface area contributed by atoms with Crippen molar-refractivity contribution in [3.63, 3.8) is 0 Å². The van der Waals surface area contributed by atoms with Crippen LogP contribution in [0.4, 0.5) is 0 Å². The molecule has 1 atom stereocenters. The van der Waals surface area contributed by atoms with Crippen LogP contribution in [-0.4, -0.2) is 47.1 Å². The maximum atomic E-state index is 9.35. The second kappa shape index (κ2) is 4.04. The van der Waals surface area contributed by atoms with Crippen LogP contribution in [0.2, 0.25) is 0 Å². The fraction of sp³-hybridized carbons (Fsp3) is 1.00. The first kappa shape index (κ1) is 10.9. The van der Waals surface area contributed by atoms with Crippen LogP contribution in [0.25, 0.3) is 0 Å². The molecule has 1 unspecified atom stereocenters. The average Bonchev–Trinajstić information content (AvgIpc) is 1.60. The molecule has 2 nitrogen and oxygen atoms in total. The van der Waals surface area contributed by atoms with Gasteiger partial charge in [0.15, 0.2) is 0 Å². The molecular formula is C6H14Br2NO+. The number of likely N-dealkylation sites (N-methyl/N-ethyl adjacent to an activating group) is 1. The van der Waals surface area contributed by atoms with Gasteiger partial charge in [0.1, 0.15) is 16.4 Å². The first-order valence-electron chi connectivity index (χ1n) is 3.09. The number of hydrogen-bond donors (Lipinski definition) is 1. The molecule has 4 heteroatoms. The first-order chi connectivity index (χ1) is 4.33. The molecule has 0 spiro atoms. The summed E-state index contributed by atoms with van der Waals surface area (Å²) < 4.78 is 0.770. The van der Waals surface area contributed by atoms with E-state index in [0.717, 1.165) is 11.0 Å². The third-order valence-electron chi connectivity index (χ3n) is 1.03. The summed E-state index contributed by atoms with van der Waals surface area (Å²) in [6.45, 7) is 0.737. The Morgan fingerprint density at radius 3 is 1.80 bits per heavy atom. The summed E-state index contributed by atoms with van der Waals surface area (Å²) in [6, 6.07) is 0. The molecule has 0 bridgehead atoms. The van der Waals surface area contributed by atoms with Gasteiger partial charge in [-0.3, -0.25) is 0 Å². The summed E-state index contributed by atoms with van der Waals surface area (Å²) in [5.74, 6) is 0. The first-order valence-corrected chi connectivity index (χ1v) is 4.93. The Hall–Kier alpha value is 0.880. The van der Waals surface area contributed by atoms with Crippen molar-refractivity contribution in [2.75, 3.05) is 27.7 Å². The molecule has 0 aliphatic heterocycles. The lowest BCUT2D eigenvalue weighted by molar-refractivity contribution is -0.873. The highest BCUT2D eigenvalue weighted by Crippen LogP contribution is 2.14. The van der Waals surface area contributed by atoms with E-state index in [1.807, 2.05) is 21.1 Å². The molecule has 0 radical (unpaired) electrons. The van der Waals surface area contributed by atoms with Gasteiger partial charge in [-0.15, -0.1) is 0 Å². The molecular weight excluding hydrogens is 262 g/mol. The van der Waals surface area contributed by atoms with Crippen LogP contribution < -0.4 is 0 Å². The van der Waals surface area contributed by atoms with E-state index in [2.05, 4.69) is 31.9 Å². The Morgan fingerprint density at radius 1 is 1.30 bits per heavy atom. The number of quaternary nitrogens is 1. The Bertz CT molecular complexity index is 100. The third kappa shape index (κ3) is 5.65. The molecule has 0 heterocycles. The second-order valence-electron chi connectivity index (χ2n) is 3.37. The highest BCUT2D eigenvalue weighted by Gasteiger charge is 2.20. The Labute approximate surface area is 79.1 Å². The second-order valence-corrected chi connectivity index (χ2v) is 6.58. The molecule has 0 aromatic rings. The van der Waals surface area contributed by atoms with Crippen molar-refractivity contribution in [1.82, 2.24) is 0 Å². The van der Waals surface area contributed by atoms with Gasteiger partial charge in [0.2, 0.25) is 0 Å². The third-order valence-corrected chi connectivity index (χ3v) is 2.25. The summed E-state index contributed by atoms with van der Waals surface area (Å²) in [5.41, 5.74) is 0. The topological polar surface area (TPSA) is 20.2 Å². The smallest absolute Gasteiger partial charge is 0.125 e. The Morgan fingerprint density at radius 2 is 1.70 bits per heavy atom. The number of aliphatic hydroxyl groups excluding tert-OH is 1. The SMILES string of the molecule is C[N+](C)(C)CC(O)C(Br)Br. The normalized spacial score (nSPS) is 15.9. The van der Waals surface area contributed by atoms with Crippen molar-refractivity contribution in [3.8, 4) is 0 Å². The Balaban J connectivity index is 3.68. The van der Waals surface area contributed by atoms with Crippen LogP contribution in [0.3, 0.4) is 0 Å². The van der Waals surface area contributed by atoms with Gasteiger partial charge >= 0.3 is 0 Å². The zero-order valence-electron chi connectivity index (χ0n) is 6.51. The van der Waals surface area contributed by atoms with Crippen LogP contribution in [-0.2, 0) is 0 Å².